The lowest BCUT2D eigenvalue weighted by Crippen LogP contribution is -2.12. The van der Waals surface area contributed by atoms with Gasteiger partial charge >= 0.3 is 0 Å². The number of ether oxygens (including phenoxy) is 1. The predicted octanol–water partition coefficient (Wildman–Crippen LogP) is 3.64. The third-order valence-corrected chi connectivity index (χ3v) is 2.91. The molecule has 0 unspecified atom stereocenters. The minimum absolute atomic E-state index is 0.0904. The number of phenols is 1. The topological polar surface area (TPSA) is 55.2 Å². The van der Waals surface area contributed by atoms with Crippen LogP contribution in [0.3, 0.4) is 0 Å². The van der Waals surface area contributed by atoms with E-state index in [0.717, 1.165) is 11.4 Å². The Hall–Kier alpha value is -1.62. The molecule has 0 spiro atoms. The van der Waals surface area contributed by atoms with Gasteiger partial charge in [0.1, 0.15) is 11.5 Å². The molecule has 0 aliphatic rings. The van der Waals surface area contributed by atoms with Crippen molar-refractivity contribution in [3.63, 3.8) is 0 Å². The fourth-order valence-corrected chi connectivity index (χ4v) is 2.18. The minimum atomic E-state index is -0.0904. The van der Waals surface area contributed by atoms with Gasteiger partial charge in [-0.2, -0.15) is 9.36 Å². The first-order valence-corrected chi connectivity index (χ1v) is 6.44. The highest BCUT2D eigenvalue weighted by Gasteiger charge is 2.20. The second-order valence-electron chi connectivity index (χ2n) is 5.24. The number of benzene rings is 1. The highest BCUT2D eigenvalue weighted by Crippen LogP contribution is 2.30. The summed E-state index contributed by atoms with van der Waals surface area (Å²) in [6.07, 6.45) is 0. The Bertz CT molecular complexity index is 538. The molecule has 1 aromatic carbocycles. The van der Waals surface area contributed by atoms with Gasteiger partial charge < -0.3 is 9.84 Å². The van der Waals surface area contributed by atoms with Gasteiger partial charge in [0.15, 0.2) is 5.82 Å². The van der Waals surface area contributed by atoms with Crippen molar-refractivity contribution in [1.29, 1.82) is 0 Å². The summed E-state index contributed by atoms with van der Waals surface area (Å²) in [6, 6.07) is 5.08. The Balaban J connectivity index is 2.21. The second kappa shape index (κ2) is 4.57. The maximum atomic E-state index is 9.49. The summed E-state index contributed by atoms with van der Waals surface area (Å²) in [7, 11) is 0. The molecule has 0 saturated heterocycles. The van der Waals surface area contributed by atoms with E-state index in [1.165, 1.54) is 11.5 Å². The van der Waals surface area contributed by atoms with Gasteiger partial charge in [0.2, 0.25) is 0 Å². The zero-order chi connectivity index (χ0) is 13.3. The molecule has 1 aromatic heterocycles. The largest absolute Gasteiger partial charge is 0.508 e. The van der Waals surface area contributed by atoms with E-state index in [9.17, 15) is 5.11 Å². The van der Waals surface area contributed by atoms with Gasteiger partial charge in [-0.15, -0.1) is 0 Å². The zero-order valence-electron chi connectivity index (χ0n) is 10.9. The SMILES string of the molecule is Cc1cc(O)cc(Oc2nc(C(C)(C)C)ns2)c1. The summed E-state index contributed by atoms with van der Waals surface area (Å²) in [5.41, 5.74) is 0.845. The van der Waals surface area contributed by atoms with Crippen molar-refractivity contribution in [2.24, 2.45) is 0 Å². The molecule has 0 aliphatic carbocycles. The molecule has 0 fully saturated rings. The summed E-state index contributed by atoms with van der Waals surface area (Å²) >= 11 is 1.22. The van der Waals surface area contributed by atoms with Crippen LogP contribution in [0.15, 0.2) is 18.2 Å². The van der Waals surface area contributed by atoms with Gasteiger partial charge in [-0.05, 0) is 24.6 Å². The molecule has 2 aromatic rings. The normalized spacial score (nSPS) is 11.6. The third-order valence-electron chi connectivity index (χ3n) is 2.32. The standard InChI is InChI=1S/C13H16N2O2S/c1-8-5-9(16)7-10(6-8)17-12-14-11(15-18-12)13(2,3)4/h5-7,16H,1-4H3. The number of nitrogens with zero attached hydrogens (tertiary/aromatic N) is 2. The molecule has 0 bridgehead atoms. The van der Waals surface area contributed by atoms with Crippen molar-refractivity contribution >= 4 is 11.5 Å². The molecule has 1 N–H and O–H groups in total. The first-order valence-electron chi connectivity index (χ1n) is 5.67. The number of hydrogen-bond acceptors (Lipinski definition) is 5. The van der Waals surface area contributed by atoms with E-state index in [1.54, 1.807) is 12.1 Å². The van der Waals surface area contributed by atoms with Crippen LogP contribution in [0.5, 0.6) is 16.7 Å². The molecular formula is C13H16N2O2S. The molecule has 0 radical (unpaired) electrons. The molecule has 96 valence electrons. The Morgan fingerprint density at radius 3 is 2.50 bits per heavy atom. The van der Waals surface area contributed by atoms with Crippen LogP contribution in [0.25, 0.3) is 0 Å². The molecule has 0 atom stereocenters. The summed E-state index contributed by atoms with van der Waals surface area (Å²) in [6.45, 7) is 8.05. The minimum Gasteiger partial charge on any atom is -0.508 e. The molecule has 0 saturated carbocycles. The molecular weight excluding hydrogens is 248 g/mol. The Morgan fingerprint density at radius 1 is 1.22 bits per heavy atom. The fourth-order valence-electron chi connectivity index (χ4n) is 1.44. The first kappa shape index (κ1) is 12.8. The number of phenolic OH excluding ortho intramolecular Hbond substituents is 1. The molecule has 4 nitrogen and oxygen atoms in total. The lowest BCUT2D eigenvalue weighted by Gasteiger charge is -2.12. The van der Waals surface area contributed by atoms with Gasteiger partial charge in [-0.3, -0.25) is 0 Å². The van der Waals surface area contributed by atoms with E-state index in [4.69, 9.17) is 4.74 Å². The van der Waals surface area contributed by atoms with Gasteiger partial charge in [-0.25, -0.2) is 0 Å². The molecule has 0 aliphatic heterocycles. The molecule has 0 amide bonds. The molecule has 5 heteroatoms. The highest BCUT2D eigenvalue weighted by atomic mass is 32.1. The number of aromatic nitrogens is 2. The van der Waals surface area contributed by atoms with Gasteiger partial charge in [-0.1, -0.05) is 20.8 Å². The van der Waals surface area contributed by atoms with Crippen molar-refractivity contribution in [3.8, 4) is 16.7 Å². The predicted molar refractivity (Wildman–Crippen MR) is 71.5 cm³/mol. The number of aryl methyl sites for hydroxylation is 1. The van der Waals surface area contributed by atoms with Crippen molar-refractivity contribution in [2.45, 2.75) is 33.1 Å². The lowest BCUT2D eigenvalue weighted by atomic mass is 9.96. The fraction of sp³-hybridized carbons (Fsp3) is 0.385. The maximum Gasteiger partial charge on any atom is 0.298 e. The number of rotatable bonds is 2. The average molecular weight is 264 g/mol. The summed E-state index contributed by atoms with van der Waals surface area (Å²) in [5, 5.41) is 9.98. The van der Waals surface area contributed by atoms with E-state index < -0.39 is 0 Å². The van der Waals surface area contributed by atoms with Crippen LogP contribution in [0, 0.1) is 6.92 Å². The van der Waals surface area contributed by atoms with Crippen LogP contribution >= 0.6 is 11.5 Å². The Morgan fingerprint density at radius 2 is 1.94 bits per heavy atom. The number of hydrogen-bond donors (Lipinski definition) is 1. The lowest BCUT2D eigenvalue weighted by molar-refractivity contribution is 0.449. The molecule has 2 rings (SSSR count). The van der Waals surface area contributed by atoms with Crippen molar-refractivity contribution in [3.05, 3.63) is 29.6 Å². The quantitative estimate of drug-likeness (QED) is 0.899. The average Bonchev–Trinajstić information content (AvgIpc) is 2.63. The van der Waals surface area contributed by atoms with Crippen molar-refractivity contribution < 1.29 is 9.84 Å². The van der Waals surface area contributed by atoms with E-state index in [1.807, 2.05) is 13.0 Å². The van der Waals surface area contributed by atoms with Crippen LogP contribution in [0.2, 0.25) is 0 Å². The van der Waals surface area contributed by atoms with Gasteiger partial charge in [0.25, 0.3) is 5.19 Å². The number of aromatic hydroxyl groups is 1. The monoisotopic (exact) mass is 264 g/mol. The Kier molecular flexibility index (Phi) is 3.26. The highest BCUT2D eigenvalue weighted by molar-refractivity contribution is 7.07. The van der Waals surface area contributed by atoms with Crippen molar-refractivity contribution in [1.82, 2.24) is 9.36 Å². The van der Waals surface area contributed by atoms with Crippen LogP contribution in [-0.2, 0) is 5.41 Å². The van der Waals surface area contributed by atoms with E-state index >= 15 is 0 Å². The maximum absolute atomic E-state index is 9.49. The molecule has 1 heterocycles. The second-order valence-corrected chi connectivity index (χ2v) is 5.95. The summed E-state index contributed by atoms with van der Waals surface area (Å²) in [4.78, 5) is 4.34. The van der Waals surface area contributed by atoms with Gasteiger partial charge in [0.05, 0.1) is 0 Å². The van der Waals surface area contributed by atoms with Gasteiger partial charge in [0, 0.05) is 23.0 Å². The van der Waals surface area contributed by atoms with Crippen LogP contribution in [-0.4, -0.2) is 14.5 Å². The smallest absolute Gasteiger partial charge is 0.298 e. The van der Waals surface area contributed by atoms with Crippen LogP contribution < -0.4 is 4.74 Å². The molecule has 18 heavy (non-hydrogen) atoms. The third kappa shape index (κ3) is 2.98. The van der Waals surface area contributed by atoms with E-state index in [0.29, 0.717) is 10.9 Å². The van der Waals surface area contributed by atoms with E-state index in [2.05, 4.69) is 30.1 Å². The van der Waals surface area contributed by atoms with Crippen molar-refractivity contribution in [2.75, 3.05) is 0 Å². The first-order chi connectivity index (χ1) is 8.34. The van der Waals surface area contributed by atoms with E-state index in [-0.39, 0.29) is 11.2 Å². The zero-order valence-corrected chi connectivity index (χ0v) is 11.7. The van der Waals surface area contributed by atoms with Crippen LogP contribution in [0.4, 0.5) is 0 Å². The summed E-state index contributed by atoms with van der Waals surface area (Å²) < 4.78 is 9.87. The summed E-state index contributed by atoms with van der Waals surface area (Å²) in [5.74, 6) is 1.52. The van der Waals surface area contributed by atoms with Crippen LogP contribution in [0.1, 0.15) is 32.2 Å². The Labute approximate surface area is 110 Å².